The molecule has 0 amide bonds. The Morgan fingerprint density at radius 3 is 2.10 bits per heavy atom. The fourth-order valence-electron chi connectivity index (χ4n) is 3.81. The summed E-state index contributed by atoms with van der Waals surface area (Å²) >= 11 is 0. The maximum Gasteiger partial charge on any atom is 0.326 e. The van der Waals surface area contributed by atoms with Crippen LogP contribution in [0.5, 0.6) is 0 Å². The van der Waals surface area contributed by atoms with Crippen molar-refractivity contribution in [3.05, 3.63) is 83.6 Å². The number of nitrogens with two attached hydrogens (primary N) is 1. The Balaban J connectivity index is 0.00000341. The van der Waals surface area contributed by atoms with E-state index >= 15 is 0 Å². The number of carbonyl (C=O) groups is 3. The lowest BCUT2D eigenvalue weighted by Gasteiger charge is -2.30. The van der Waals surface area contributed by atoms with Gasteiger partial charge < -0.3 is 15.7 Å². The Bertz CT molecular complexity index is 911. The number of nitrogens with zero attached hydrogens (tertiary/aromatic N) is 1. The minimum atomic E-state index is -1.03. The lowest BCUT2D eigenvalue weighted by molar-refractivity contribution is -0.142. The summed E-state index contributed by atoms with van der Waals surface area (Å²) in [7, 11) is 0. The van der Waals surface area contributed by atoms with Gasteiger partial charge in [0.05, 0.1) is 5.57 Å². The lowest BCUT2D eigenvalue weighted by Crippen LogP contribution is -2.43. The van der Waals surface area contributed by atoms with Gasteiger partial charge in [-0.05, 0) is 17.0 Å². The molecule has 6 nitrogen and oxygen atoms in total. The van der Waals surface area contributed by atoms with Gasteiger partial charge in [-0.2, -0.15) is 0 Å². The third-order valence-electron chi connectivity index (χ3n) is 5.37. The molecule has 1 saturated carbocycles. The third-order valence-corrected chi connectivity index (χ3v) is 5.37. The van der Waals surface area contributed by atoms with E-state index < -0.39 is 12.0 Å². The SMILES string of the molecule is Cl.NCCN(C=C1C(=O)CC(c2ccccc2)CC1=O)C(Cc1ccccc1)C(=O)O. The molecule has 7 heteroatoms. The molecule has 1 unspecified atom stereocenters. The van der Waals surface area contributed by atoms with Gasteiger partial charge in [-0.25, -0.2) is 4.79 Å². The maximum absolute atomic E-state index is 12.8. The highest BCUT2D eigenvalue weighted by molar-refractivity contribution is 6.22. The molecule has 0 aromatic heterocycles. The molecule has 3 N–H and O–H groups in total. The van der Waals surface area contributed by atoms with Crippen molar-refractivity contribution in [2.45, 2.75) is 31.2 Å². The standard InChI is InChI=1S/C24H26N2O4.ClH/c25-11-12-26(21(24(29)30)13-17-7-3-1-4-8-17)16-20-22(27)14-19(15-23(20)28)18-9-5-2-6-10-18;/h1-10,16,19,21H,11-15,25H2,(H,29,30);1H. The number of hydrogen-bond donors (Lipinski definition) is 2. The molecule has 0 heterocycles. The molecule has 3 rings (SSSR count). The smallest absolute Gasteiger partial charge is 0.326 e. The first-order chi connectivity index (χ1) is 14.5. The molecule has 0 saturated heterocycles. The largest absolute Gasteiger partial charge is 0.480 e. The highest BCUT2D eigenvalue weighted by Crippen LogP contribution is 2.31. The number of benzene rings is 2. The van der Waals surface area contributed by atoms with Crippen LogP contribution < -0.4 is 5.73 Å². The molecule has 0 bridgehead atoms. The third kappa shape index (κ3) is 6.26. The minimum Gasteiger partial charge on any atom is -0.480 e. The summed E-state index contributed by atoms with van der Waals surface area (Å²) in [5.74, 6) is -1.69. The Labute approximate surface area is 188 Å². The van der Waals surface area contributed by atoms with Crippen LogP contribution >= 0.6 is 12.4 Å². The van der Waals surface area contributed by atoms with Crippen LogP contribution in [0, 0.1) is 0 Å². The number of hydrogen-bond acceptors (Lipinski definition) is 5. The van der Waals surface area contributed by atoms with Gasteiger partial charge in [0, 0.05) is 38.6 Å². The number of carbonyl (C=O) groups excluding carboxylic acids is 2. The van der Waals surface area contributed by atoms with Crippen LogP contribution in [0.25, 0.3) is 0 Å². The summed E-state index contributed by atoms with van der Waals surface area (Å²) in [4.78, 5) is 39.1. The number of carboxylic acids is 1. The summed E-state index contributed by atoms with van der Waals surface area (Å²) in [6.45, 7) is 0.438. The van der Waals surface area contributed by atoms with E-state index in [-0.39, 0.29) is 67.8 Å². The molecule has 31 heavy (non-hydrogen) atoms. The molecule has 1 aliphatic carbocycles. The second-order valence-electron chi connectivity index (χ2n) is 7.48. The van der Waals surface area contributed by atoms with Crippen molar-refractivity contribution < 1.29 is 19.5 Å². The van der Waals surface area contributed by atoms with Crippen molar-refractivity contribution in [3.63, 3.8) is 0 Å². The highest BCUT2D eigenvalue weighted by atomic mass is 35.5. The van der Waals surface area contributed by atoms with Gasteiger partial charge >= 0.3 is 5.97 Å². The minimum absolute atomic E-state index is 0. The van der Waals surface area contributed by atoms with Crippen molar-refractivity contribution in [2.75, 3.05) is 13.1 Å². The van der Waals surface area contributed by atoms with Crippen molar-refractivity contribution >= 4 is 29.9 Å². The summed E-state index contributed by atoms with van der Waals surface area (Å²) < 4.78 is 0. The predicted octanol–water partition coefficient (Wildman–Crippen LogP) is 2.96. The molecular weight excluding hydrogens is 416 g/mol. The van der Waals surface area contributed by atoms with Gasteiger partial charge in [-0.1, -0.05) is 60.7 Å². The van der Waals surface area contributed by atoms with Crippen molar-refractivity contribution in [1.29, 1.82) is 0 Å². The quantitative estimate of drug-likeness (QED) is 0.481. The van der Waals surface area contributed by atoms with E-state index in [9.17, 15) is 19.5 Å². The number of allylic oxidation sites excluding steroid dienone is 1. The van der Waals surface area contributed by atoms with Crippen LogP contribution in [0.4, 0.5) is 0 Å². The monoisotopic (exact) mass is 442 g/mol. The van der Waals surface area contributed by atoms with Gasteiger partial charge in [0.1, 0.15) is 6.04 Å². The van der Waals surface area contributed by atoms with E-state index in [0.717, 1.165) is 11.1 Å². The normalized spacial score (nSPS) is 16.9. The molecular formula is C24H27ClN2O4. The number of ketones is 2. The number of Topliss-reactive ketones (excluding diaryl/α,β-unsaturated/α-hetero) is 2. The van der Waals surface area contributed by atoms with E-state index in [1.165, 1.54) is 11.1 Å². The molecule has 0 spiro atoms. The number of rotatable bonds is 8. The van der Waals surface area contributed by atoms with Crippen LogP contribution in [0.1, 0.15) is 29.9 Å². The van der Waals surface area contributed by atoms with Gasteiger partial charge in [-0.15, -0.1) is 12.4 Å². The Morgan fingerprint density at radius 1 is 1.03 bits per heavy atom. The Morgan fingerprint density at radius 2 is 1.58 bits per heavy atom. The summed E-state index contributed by atoms with van der Waals surface area (Å²) in [6.07, 6.45) is 2.12. The van der Waals surface area contributed by atoms with E-state index in [0.29, 0.717) is 0 Å². The van der Waals surface area contributed by atoms with Gasteiger partial charge in [0.15, 0.2) is 11.6 Å². The first-order valence-corrected chi connectivity index (χ1v) is 10.0. The maximum atomic E-state index is 12.8. The topological polar surface area (TPSA) is 101 Å². The summed E-state index contributed by atoms with van der Waals surface area (Å²) in [5.41, 5.74) is 7.58. The van der Waals surface area contributed by atoms with E-state index in [2.05, 4.69) is 0 Å². The van der Waals surface area contributed by atoms with Crippen molar-refractivity contribution in [2.24, 2.45) is 5.73 Å². The zero-order valence-electron chi connectivity index (χ0n) is 17.1. The predicted molar refractivity (Wildman–Crippen MR) is 121 cm³/mol. The van der Waals surface area contributed by atoms with Crippen molar-refractivity contribution in [1.82, 2.24) is 4.90 Å². The lowest BCUT2D eigenvalue weighted by atomic mass is 9.80. The van der Waals surface area contributed by atoms with Crippen LogP contribution in [-0.4, -0.2) is 46.7 Å². The van der Waals surface area contributed by atoms with Crippen LogP contribution in [0.2, 0.25) is 0 Å². The molecule has 164 valence electrons. The first kappa shape index (κ1) is 24.3. The zero-order chi connectivity index (χ0) is 21.5. The van der Waals surface area contributed by atoms with E-state index in [1.54, 1.807) is 0 Å². The molecule has 2 aromatic rings. The highest BCUT2D eigenvalue weighted by Gasteiger charge is 2.33. The fourth-order valence-corrected chi connectivity index (χ4v) is 3.81. The second kappa shape index (κ2) is 11.4. The van der Waals surface area contributed by atoms with Crippen LogP contribution in [0.3, 0.4) is 0 Å². The molecule has 0 aliphatic heterocycles. The molecule has 0 radical (unpaired) electrons. The number of aliphatic carboxylic acids is 1. The second-order valence-corrected chi connectivity index (χ2v) is 7.48. The van der Waals surface area contributed by atoms with Crippen molar-refractivity contribution in [3.8, 4) is 0 Å². The number of halogens is 1. The zero-order valence-corrected chi connectivity index (χ0v) is 18.0. The fraction of sp³-hybridized carbons (Fsp3) is 0.292. The van der Waals surface area contributed by atoms with E-state index in [1.807, 2.05) is 60.7 Å². The molecule has 1 fully saturated rings. The molecule has 2 aromatic carbocycles. The van der Waals surface area contributed by atoms with E-state index in [4.69, 9.17) is 5.73 Å². The summed E-state index contributed by atoms with van der Waals surface area (Å²) in [5, 5.41) is 9.80. The van der Waals surface area contributed by atoms with Gasteiger partial charge in [0.25, 0.3) is 0 Å². The average Bonchev–Trinajstić information content (AvgIpc) is 2.75. The van der Waals surface area contributed by atoms with Crippen LogP contribution in [0.15, 0.2) is 72.4 Å². The number of carboxylic acid groups (broad SMARTS) is 1. The van der Waals surface area contributed by atoms with Gasteiger partial charge in [-0.3, -0.25) is 9.59 Å². The first-order valence-electron chi connectivity index (χ1n) is 10.0. The van der Waals surface area contributed by atoms with Gasteiger partial charge in [0.2, 0.25) is 0 Å². The summed E-state index contributed by atoms with van der Waals surface area (Å²) in [6, 6.07) is 17.8. The molecule has 1 aliphatic rings. The van der Waals surface area contributed by atoms with Crippen LogP contribution in [-0.2, 0) is 20.8 Å². The Hall–Kier alpha value is -2.96. The Kier molecular flexibility index (Phi) is 8.97. The average molecular weight is 443 g/mol. The molecule has 1 atom stereocenters.